The first-order valence-electron chi connectivity index (χ1n) is 8.93. The summed E-state index contributed by atoms with van der Waals surface area (Å²) in [5, 5.41) is 19.9. The number of hydrogen-bond donors (Lipinski definition) is 2. The third kappa shape index (κ3) is 4.40. The van der Waals surface area contributed by atoms with Gasteiger partial charge in [0.2, 0.25) is 0 Å². The maximum Gasteiger partial charge on any atom is 0.341 e. The number of hydrogen-bond acceptors (Lipinski definition) is 5. The lowest BCUT2D eigenvalue weighted by molar-refractivity contribution is -0.139. The molecule has 0 aliphatic carbocycles. The van der Waals surface area contributed by atoms with E-state index >= 15 is 0 Å². The molecule has 0 unspecified atom stereocenters. The number of carboxylic acid groups (broad SMARTS) is 1. The summed E-state index contributed by atoms with van der Waals surface area (Å²) in [5.74, 6) is -0.131. The molecule has 1 heterocycles. The lowest BCUT2D eigenvalue weighted by atomic mass is 9.89. The Morgan fingerprint density at radius 1 is 1.22 bits per heavy atom. The molecule has 3 rings (SSSR count). The van der Waals surface area contributed by atoms with E-state index in [1.54, 1.807) is 12.1 Å². The molecule has 2 aromatic rings. The van der Waals surface area contributed by atoms with Crippen LogP contribution < -0.4 is 9.47 Å². The fourth-order valence-corrected chi connectivity index (χ4v) is 3.65. The molecule has 1 atom stereocenters. The average molecular weight is 371 g/mol. The zero-order valence-electron chi connectivity index (χ0n) is 15.6. The van der Waals surface area contributed by atoms with Gasteiger partial charge in [0.05, 0.1) is 7.11 Å². The van der Waals surface area contributed by atoms with Crippen molar-refractivity contribution < 1.29 is 24.5 Å². The summed E-state index contributed by atoms with van der Waals surface area (Å²) in [4.78, 5) is 13.0. The third-order valence-corrected chi connectivity index (χ3v) is 4.96. The number of β-amino-alcohol motifs (C(OH)–C–C–N with tert-alkyl or cyclic N) is 1. The first-order chi connectivity index (χ1) is 12.9. The molecule has 0 radical (unpaired) electrons. The summed E-state index contributed by atoms with van der Waals surface area (Å²) < 4.78 is 10.6. The van der Waals surface area contributed by atoms with Crippen LogP contribution in [0.25, 0.3) is 0 Å². The Bertz CT molecular complexity index is 822. The topological polar surface area (TPSA) is 79.2 Å². The van der Waals surface area contributed by atoms with Gasteiger partial charge in [-0.2, -0.15) is 0 Å². The van der Waals surface area contributed by atoms with Crippen LogP contribution in [0.4, 0.5) is 0 Å². The van der Waals surface area contributed by atoms with Crippen molar-refractivity contribution >= 4 is 5.97 Å². The molecule has 1 fully saturated rings. The molecule has 1 saturated heterocycles. The van der Waals surface area contributed by atoms with Crippen molar-refractivity contribution in [2.24, 2.45) is 0 Å². The van der Waals surface area contributed by atoms with E-state index < -0.39 is 18.2 Å². The monoisotopic (exact) mass is 371 g/mol. The summed E-state index contributed by atoms with van der Waals surface area (Å²) in [6.45, 7) is 3.57. The van der Waals surface area contributed by atoms with E-state index in [0.29, 0.717) is 31.0 Å². The lowest BCUT2D eigenvalue weighted by Crippen LogP contribution is -2.31. The minimum atomic E-state index is -1.04. The molecule has 27 heavy (non-hydrogen) atoms. The van der Waals surface area contributed by atoms with Crippen molar-refractivity contribution in [3.05, 3.63) is 59.2 Å². The Morgan fingerprint density at radius 3 is 2.70 bits per heavy atom. The van der Waals surface area contributed by atoms with Crippen molar-refractivity contribution in [3.8, 4) is 11.5 Å². The second-order valence-electron chi connectivity index (χ2n) is 6.97. The molecular weight excluding hydrogens is 346 g/mol. The minimum Gasteiger partial charge on any atom is -0.493 e. The van der Waals surface area contributed by atoms with Gasteiger partial charge in [-0.3, -0.25) is 4.90 Å². The van der Waals surface area contributed by atoms with Gasteiger partial charge in [-0.15, -0.1) is 0 Å². The van der Waals surface area contributed by atoms with Crippen molar-refractivity contribution in [1.29, 1.82) is 0 Å². The maximum absolute atomic E-state index is 11.1. The molecule has 1 aliphatic heterocycles. The smallest absolute Gasteiger partial charge is 0.341 e. The largest absolute Gasteiger partial charge is 0.493 e. The van der Waals surface area contributed by atoms with Gasteiger partial charge in [-0.1, -0.05) is 30.3 Å². The van der Waals surface area contributed by atoms with Crippen LogP contribution in [0.2, 0.25) is 0 Å². The van der Waals surface area contributed by atoms with Gasteiger partial charge < -0.3 is 19.7 Å². The number of aliphatic hydroxyl groups is 1. The quantitative estimate of drug-likeness (QED) is 0.779. The second kappa shape index (κ2) is 7.98. The molecule has 0 spiro atoms. The molecule has 2 N–H and O–H groups in total. The first kappa shape index (κ1) is 19.2. The molecule has 144 valence electrons. The number of benzene rings is 2. The molecule has 0 amide bonds. The van der Waals surface area contributed by atoms with Crippen LogP contribution in [-0.2, 0) is 16.9 Å². The first-order valence-corrected chi connectivity index (χ1v) is 8.93. The molecule has 1 aliphatic rings. The van der Waals surface area contributed by atoms with Crippen molar-refractivity contribution in [2.75, 3.05) is 26.8 Å². The number of rotatable bonds is 7. The number of ether oxygens (including phenoxy) is 2. The van der Waals surface area contributed by atoms with Crippen molar-refractivity contribution in [2.45, 2.75) is 25.5 Å². The summed E-state index contributed by atoms with van der Waals surface area (Å²) in [6.07, 6.45) is 0.677. The van der Waals surface area contributed by atoms with Gasteiger partial charge in [-0.05, 0) is 42.2 Å². The Hall–Kier alpha value is -2.57. The highest BCUT2D eigenvalue weighted by Gasteiger charge is 2.38. The van der Waals surface area contributed by atoms with Gasteiger partial charge >= 0.3 is 5.97 Å². The van der Waals surface area contributed by atoms with Crippen LogP contribution in [0.3, 0.4) is 0 Å². The Kier molecular flexibility index (Phi) is 5.68. The van der Waals surface area contributed by atoms with Gasteiger partial charge in [0.25, 0.3) is 0 Å². The summed E-state index contributed by atoms with van der Waals surface area (Å²) >= 11 is 0. The van der Waals surface area contributed by atoms with E-state index in [1.165, 1.54) is 7.11 Å². The van der Waals surface area contributed by atoms with Crippen LogP contribution in [0.5, 0.6) is 11.5 Å². The zero-order valence-corrected chi connectivity index (χ0v) is 15.6. The highest BCUT2D eigenvalue weighted by atomic mass is 16.5. The molecule has 0 saturated carbocycles. The molecule has 6 nitrogen and oxygen atoms in total. The van der Waals surface area contributed by atoms with Crippen LogP contribution in [0.1, 0.15) is 23.1 Å². The Labute approximate surface area is 159 Å². The summed E-state index contributed by atoms with van der Waals surface area (Å²) in [6, 6.07) is 13.4. The maximum atomic E-state index is 11.1. The van der Waals surface area contributed by atoms with Crippen LogP contribution in [0.15, 0.2) is 42.5 Å². The highest BCUT2D eigenvalue weighted by molar-refractivity contribution is 5.68. The fraction of sp³-hybridized carbons (Fsp3) is 0.381. The molecule has 6 heteroatoms. The summed E-state index contributed by atoms with van der Waals surface area (Å²) in [7, 11) is 1.52. The number of carbonyl (C=O) groups is 1. The average Bonchev–Trinajstić information content (AvgIpc) is 3.02. The number of aryl methyl sites for hydroxylation is 1. The van der Waals surface area contributed by atoms with E-state index in [9.17, 15) is 9.90 Å². The Balaban J connectivity index is 1.72. The molecule has 2 aromatic carbocycles. The molecule has 0 aromatic heterocycles. The zero-order chi connectivity index (χ0) is 19.4. The van der Waals surface area contributed by atoms with E-state index in [4.69, 9.17) is 14.6 Å². The number of likely N-dealkylation sites (tertiary alicyclic amines) is 1. The third-order valence-electron chi connectivity index (χ3n) is 4.96. The number of carboxylic acids is 1. The van der Waals surface area contributed by atoms with Gasteiger partial charge in [-0.25, -0.2) is 4.79 Å². The van der Waals surface area contributed by atoms with Crippen LogP contribution >= 0.6 is 0 Å². The molecule has 0 bridgehead atoms. The van der Waals surface area contributed by atoms with E-state index in [0.717, 1.165) is 23.2 Å². The van der Waals surface area contributed by atoms with E-state index in [1.807, 2.05) is 37.3 Å². The normalized spacial score (nSPS) is 19.8. The number of nitrogens with zero attached hydrogens (tertiary/aromatic N) is 1. The predicted molar refractivity (Wildman–Crippen MR) is 101 cm³/mol. The highest BCUT2D eigenvalue weighted by Crippen LogP contribution is 2.35. The van der Waals surface area contributed by atoms with Crippen LogP contribution in [0, 0.1) is 6.92 Å². The van der Waals surface area contributed by atoms with Crippen LogP contribution in [-0.4, -0.2) is 47.9 Å². The van der Waals surface area contributed by atoms with Gasteiger partial charge in [0.15, 0.2) is 18.1 Å². The SMILES string of the molecule is COc1ccc(CN2CC[C@@](O)(c3ccccc3C)C2)cc1OCC(=O)O. The van der Waals surface area contributed by atoms with Crippen molar-refractivity contribution in [3.63, 3.8) is 0 Å². The lowest BCUT2D eigenvalue weighted by Gasteiger charge is -2.26. The van der Waals surface area contributed by atoms with E-state index in [-0.39, 0.29) is 0 Å². The predicted octanol–water partition coefficient (Wildman–Crippen LogP) is 2.56. The Morgan fingerprint density at radius 2 is 2.00 bits per heavy atom. The standard InChI is InChI=1S/C21H25NO5/c1-15-5-3-4-6-17(15)21(25)9-10-22(14-21)12-16-7-8-18(26-2)19(11-16)27-13-20(23)24/h3-8,11,25H,9-10,12-14H2,1-2H3,(H,23,24)/t21-/m0/s1. The summed E-state index contributed by atoms with van der Waals surface area (Å²) in [5.41, 5.74) is 2.20. The fourth-order valence-electron chi connectivity index (χ4n) is 3.65. The number of aliphatic carboxylic acids is 1. The number of methoxy groups -OCH3 is 1. The second-order valence-corrected chi connectivity index (χ2v) is 6.97. The minimum absolute atomic E-state index is 0.408. The molecular formula is C21H25NO5. The van der Waals surface area contributed by atoms with Gasteiger partial charge in [0.1, 0.15) is 5.60 Å². The van der Waals surface area contributed by atoms with Crippen molar-refractivity contribution in [1.82, 2.24) is 4.90 Å². The van der Waals surface area contributed by atoms with E-state index in [2.05, 4.69) is 4.90 Å². The van der Waals surface area contributed by atoms with Gasteiger partial charge in [0, 0.05) is 19.6 Å².